The second-order valence-electron chi connectivity index (χ2n) is 7.28. The minimum absolute atomic E-state index is 0.146. The molecule has 4 rings (SSSR count). The van der Waals surface area contributed by atoms with Gasteiger partial charge >= 0.3 is 0 Å². The molecule has 0 aliphatic carbocycles. The van der Waals surface area contributed by atoms with Gasteiger partial charge in [-0.3, -0.25) is 0 Å². The summed E-state index contributed by atoms with van der Waals surface area (Å²) in [4.78, 5) is 0. The zero-order valence-electron chi connectivity index (χ0n) is 16.8. The fourth-order valence-corrected chi connectivity index (χ4v) is 3.77. The van der Waals surface area contributed by atoms with Gasteiger partial charge in [-0.15, -0.1) is 0 Å². The highest BCUT2D eigenvalue weighted by molar-refractivity contribution is 5.89. The Balaban J connectivity index is 1.78. The number of benzene rings is 4. The number of methoxy groups -OCH3 is 1. The van der Waals surface area contributed by atoms with E-state index in [9.17, 15) is 8.78 Å². The first-order valence-electron chi connectivity index (χ1n) is 9.86. The highest BCUT2D eigenvalue weighted by Crippen LogP contribution is 2.35. The molecule has 0 spiro atoms. The summed E-state index contributed by atoms with van der Waals surface area (Å²) in [6.07, 6.45) is 1.92. The third kappa shape index (κ3) is 3.65. The van der Waals surface area contributed by atoms with Gasteiger partial charge in [-0.05, 0) is 52.8 Å². The van der Waals surface area contributed by atoms with Gasteiger partial charge in [0.15, 0.2) is 0 Å². The summed E-state index contributed by atoms with van der Waals surface area (Å²) in [5, 5.41) is 1.21. The molecule has 0 bridgehead atoms. The minimum Gasteiger partial charge on any atom is -0.497 e. The van der Waals surface area contributed by atoms with Crippen LogP contribution in [0.3, 0.4) is 0 Å². The fraction of sp³-hybridized carbons (Fsp3) is 0.154. The van der Waals surface area contributed by atoms with Crippen molar-refractivity contribution in [3.63, 3.8) is 0 Å². The normalized spacial score (nSPS) is 11.1. The van der Waals surface area contributed by atoms with E-state index in [1.165, 1.54) is 19.2 Å². The lowest BCUT2D eigenvalue weighted by Crippen LogP contribution is -1.95. The van der Waals surface area contributed by atoms with Crippen LogP contribution < -0.4 is 4.74 Å². The van der Waals surface area contributed by atoms with E-state index in [1.54, 1.807) is 42.5 Å². The van der Waals surface area contributed by atoms with Crippen molar-refractivity contribution in [1.82, 2.24) is 0 Å². The van der Waals surface area contributed by atoms with E-state index in [0.717, 1.165) is 23.8 Å². The molecule has 4 aromatic rings. The number of aryl methyl sites for hydroxylation is 1. The summed E-state index contributed by atoms with van der Waals surface area (Å²) in [5.74, 6) is -1.37. The zero-order valence-corrected chi connectivity index (χ0v) is 16.8. The Morgan fingerprint density at radius 2 is 1.47 bits per heavy atom. The van der Waals surface area contributed by atoms with Crippen molar-refractivity contribution >= 4 is 10.8 Å². The Hall–Kier alpha value is -3.27. The van der Waals surface area contributed by atoms with Crippen LogP contribution in [0, 0.1) is 17.5 Å². The molecule has 1 nitrogen and oxygen atoms in total. The third-order valence-corrected chi connectivity index (χ3v) is 5.29. The zero-order chi connectivity index (χ0) is 21.3. The first kappa shape index (κ1) is 20.0. The molecule has 0 radical (unpaired) electrons. The molecule has 0 fully saturated rings. The summed E-state index contributed by atoms with van der Waals surface area (Å²) in [7, 11) is 1.52. The predicted molar refractivity (Wildman–Crippen MR) is 115 cm³/mol. The van der Waals surface area contributed by atoms with E-state index in [2.05, 4.69) is 6.92 Å². The van der Waals surface area contributed by atoms with E-state index in [1.807, 2.05) is 12.1 Å². The van der Waals surface area contributed by atoms with Gasteiger partial charge in [-0.2, -0.15) is 0 Å². The second kappa shape index (κ2) is 8.23. The summed E-state index contributed by atoms with van der Waals surface area (Å²) in [5.41, 5.74) is 1.72. The van der Waals surface area contributed by atoms with Gasteiger partial charge in [0.1, 0.15) is 23.2 Å². The van der Waals surface area contributed by atoms with Crippen LogP contribution in [0.2, 0.25) is 0 Å². The molecular formula is C26H21F3O. The molecule has 0 amide bonds. The maximum atomic E-state index is 15.2. The van der Waals surface area contributed by atoms with E-state index in [-0.39, 0.29) is 16.7 Å². The van der Waals surface area contributed by atoms with Crippen LogP contribution in [0.5, 0.6) is 5.75 Å². The quantitative estimate of drug-likeness (QED) is 0.332. The molecule has 0 aromatic heterocycles. The minimum atomic E-state index is -0.743. The van der Waals surface area contributed by atoms with E-state index in [0.29, 0.717) is 16.7 Å². The highest BCUT2D eigenvalue weighted by Gasteiger charge is 2.17. The SMILES string of the molecule is CCCc1ccc2c(F)c(-c3cc(F)c(-c4ccc(OC)cc4)c(F)c3)ccc2c1. The van der Waals surface area contributed by atoms with Crippen LogP contribution in [0.25, 0.3) is 33.0 Å². The summed E-state index contributed by atoms with van der Waals surface area (Å²) in [6, 6.07) is 17.8. The smallest absolute Gasteiger partial charge is 0.138 e. The topological polar surface area (TPSA) is 9.23 Å². The average molecular weight is 406 g/mol. The molecule has 0 atom stereocenters. The number of ether oxygens (including phenoxy) is 1. The maximum absolute atomic E-state index is 15.2. The Morgan fingerprint density at radius 3 is 2.10 bits per heavy atom. The molecule has 0 N–H and O–H groups in total. The predicted octanol–water partition coefficient (Wildman–Crippen LogP) is 7.55. The molecule has 0 saturated heterocycles. The number of rotatable bonds is 5. The number of fused-ring (bicyclic) bond motifs is 1. The molecule has 0 heterocycles. The molecule has 30 heavy (non-hydrogen) atoms. The van der Waals surface area contributed by atoms with Crippen molar-refractivity contribution < 1.29 is 17.9 Å². The Bertz CT molecular complexity index is 1190. The molecule has 4 aromatic carbocycles. The Morgan fingerprint density at radius 1 is 0.767 bits per heavy atom. The third-order valence-electron chi connectivity index (χ3n) is 5.29. The van der Waals surface area contributed by atoms with Crippen molar-refractivity contribution in [2.75, 3.05) is 7.11 Å². The van der Waals surface area contributed by atoms with Crippen molar-refractivity contribution in [2.45, 2.75) is 19.8 Å². The largest absolute Gasteiger partial charge is 0.497 e. The van der Waals surface area contributed by atoms with Crippen molar-refractivity contribution in [3.8, 4) is 28.0 Å². The van der Waals surface area contributed by atoms with Crippen LogP contribution in [-0.2, 0) is 6.42 Å². The molecule has 0 aliphatic rings. The first-order chi connectivity index (χ1) is 14.5. The second-order valence-corrected chi connectivity index (χ2v) is 7.28. The lowest BCUT2D eigenvalue weighted by atomic mass is 9.95. The lowest BCUT2D eigenvalue weighted by Gasteiger charge is -2.12. The molecule has 152 valence electrons. The summed E-state index contributed by atoms with van der Waals surface area (Å²) >= 11 is 0. The summed E-state index contributed by atoms with van der Waals surface area (Å²) < 4.78 is 50.0. The van der Waals surface area contributed by atoms with Crippen LogP contribution in [-0.4, -0.2) is 7.11 Å². The van der Waals surface area contributed by atoms with Crippen LogP contribution in [0.15, 0.2) is 66.7 Å². The van der Waals surface area contributed by atoms with Gasteiger partial charge < -0.3 is 4.74 Å². The average Bonchev–Trinajstić information content (AvgIpc) is 2.74. The van der Waals surface area contributed by atoms with Gasteiger partial charge in [-0.25, -0.2) is 13.2 Å². The highest BCUT2D eigenvalue weighted by atomic mass is 19.1. The Labute approximate surface area is 173 Å². The van der Waals surface area contributed by atoms with Crippen LogP contribution >= 0.6 is 0 Å². The van der Waals surface area contributed by atoms with Crippen LogP contribution in [0.4, 0.5) is 13.2 Å². The molecule has 0 aliphatic heterocycles. The number of hydrogen-bond donors (Lipinski definition) is 0. The standard InChI is InChI=1S/C26H21F3O/c1-3-4-16-5-11-21-18(13-16)8-12-22(26(21)29)19-14-23(27)25(24(28)15-19)17-6-9-20(30-2)10-7-17/h5-15H,3-4H2,1-2H3. The van der Waals surface area contributed by atoms with Gasteiger partial charge in [0.05, 0.1) is 12.7 Å². The van der Waals surface area contributed by atoms with E-state index >= 15 is 4.39 Å². The molecular weight excluding hydrogens is 385 g/mol. The van der Waals surface area contributed by atoms with Crippen molar-refractivity contribution in [2.24, 2.45) is 0 Å². The van der Waals surface area contributed by atoms with Crippen LogP contribution in [0.1, 0.15) is 18.9 Å². The molecule has 0 unspecified atom stereocenters. The molecule has 0 saturated carbocycles. The van der Waals surface area contributed by atoms with Gasteiger partial charge in [0, 0.05) is 10.9 Å². The van der Waals surface area contributed by atoms with E-state index < -0.39 is 17.5 Å². The maximum Gasteiger partial charge on any atom is 0.138 e. The van der Waals surface area contributed by atoms with Gasteiger partial charge in [0.2, 0.25) is 0 Å². The first-order valence-corrected chi connectivity index (χ1v) is 9.86. The lowest BCUT2D eigenvalue weighted by molar-refractivity contribution is 0.415. The number of hydrogen-bond acceptors (Lipinski definition) is 1. The van der Waals surface area contributed by atoms with Crippen molar-refractivity contribution in [1.29, 1.82) is 0 Å². The molecule has 4 heteroatoms. The van der Waals surface area contributed by atoms with Gasteiger partial charge in [0.25, 0.3) is 0 Å². The Kier molecular flexibility index (Phi) is 5.49. The van der Waals surface area contributed by atoms with E-state index in [4.69, 9.17) is 4.74 Å². The monoisotopic (exact) mass is 406 g/mol. The van der Waals surface area contributed by atoms with Gasteiger partial charge in [-0.1, -0.05) is 55.8 Å². The summed E-state index contributed by atoms with van der Waals surface area (Å²) in [6.45, 7) is 2.09. The number of halogens is 3. The fourth-order valence-electron chi connectivity index (χ4n) is 3.77. The van der Waals surface area contributed by atoms with Crippen molar-refractivity contribution in [3.05, 3.63) is 89.7 Å².